The lowest BCUT2D eigenvalue weighted by Gasteiger charge is -2.27. The van der Waals surface area contributed by atoms with Crippen molar-refractivity contribution < 1.29 is 18.8 Å². The van der Waals surface area contributed by atoms with Crippen molar-refractivity contribution in [1.82, 2.24) is 5.32 Å². The van der Waals surface area contributed by atoms with Crippen molar-refractivity contribution in [3.05, 3.63) is 27.7 Å². The molecule has 0 aromatic heterocycles. The maximum absolute atomic E-state index is 13.3. The fourth-order valence-electron chi connectivity index (χ4n) is 1.44. The van der Waals surface area contributed by atoms with E-state index in [2.05, 4.69) is 15.9 Å². The Morgan fingerprint density at radius 2 is 2.00 bits per heavy atom. The number of nitrogens with one attached hydrogen (secondary N) is 1. The molecule has 0 saturated carbocycles. The van der Waals surface area contributed by atoms with Gasteiger partial charge in [-0.2, -0.15) is 0 Å². The third kappa shape index (κ3) is 1.99. The minimum absolute atomic E-state index is 0.0696. The van der Waals surface area contributed by atoms with E-state index >= 15 is 0 Å². The third-order valence-electron chi connectivity index (χ3n) is 2.27. The van der Waals surface area contributed by atoms with Gasteiger partial charge >= 0.3 is 6.03 Å². The molecule has 0 radical (unpaired) electrons. The standard InChI is InChI=1S/C10H5BrClFN2O3/c11-6-4(12)2-1-3-5(6)15-9(17)7(13)8(16)14-10(15)18/h1-3,7H,(H,14,16,18). The molecule has 8 heteroatoms. The second-order valence-corrected chi connectivity index (χ2v) is 4.60. The lowest BCUT2D eigenvalue weighted by molar-refractivity contribution is -0.135. The van der Waals surface area contributed by atoms with Gasteiger partial charge in [-0.25, -0.2) is 14.1 Å². The lowest BCUT2D eigenvalue weighted by Crippen LogP contribution is -2.59. The molecule has 1 saturated heterocycles. The van der Waals surface area contributed by atoms with Crippen molar-refractivity contribution in [2.24, 2.45) is 0 Å². The molecule has 1 unspecified atom stereocenters. The summed E-state index contributed by atoms with van der Waals surface area (Å²) in [7, 11) is 0. The van der Waals surface area contributed by atoms with Crippen LogP contribution in [-0.2, 0) is 9.59 Å². The number of barbiturate groups is 1. The monoisotopic (exact) mass is 334 g/mol. The number of benzene rings is 1. The number of hydrogen-bond acceptors (Lipinski definition) is 3. The fourth-order valence-corrected chi connectivity index (χ4v) is 2.05. The number of carbonyl (C=O) groups is 3. The average molecular weight is 336 g/mol. The molecule has 1 N–H and O–H groups in total. The molecule has 94 valence electrons. The first-order chi connectivity index (χ1) is 8.43. The Morgan fingerprint density at radius 3 is 2.67 bits per heavy atom. The Balaban J connectivity index is 2.49. The molecule has 0 spiro atoms. The number of halogens is 3. The quantitative estimate of drug-likeness (QED) is 0.799. The molecule has 1 aromatic carbocycles. The van der Waals surface area contributed by atoms with Crippen LogP contribution in [-0.4, -0.2) is 24.0 Å². The predicted molar refractivity (Wildman–Crippen MR) is 65.1 cm³/mol. The number of hydrogen-bond donors (Lipinski definition) is 1. The van der Waals surface area contributed by atoms with Crippen LogP contribution in [0.1, 0.15) is 0 Å². The van der Waals surface area contributed by atoms with Crippen molar-refractivity contribution in [3.63, 3.8) is 0 Å². The minimum atomic E-state index is -2.41. The smallest absolute Gasteiger partial charge is 0.274 e. The summed E-state index contributed by atoms with van der Waals surface area (Å²) in [5.41, 5.74) is 0.0696. The highest BCUT2D eigenvalue weighted by Gasteiger charge is 2.42. The van der Waals surface area contributed by atoms with Gasteiger partial charge in [-0.1, -0.05) is 17.7 Å². The van der Waals surface area contributed by atoms with Gasteiger partial charge in [0.1, 0.15) is 0 Å². The molecule has 18 heavy (non-hydrogen) atoms. The first-order valence-electron chi connectivity index (χ1n) is 4.70. The van der Waals surface area contributed by atoms with E-state index in [0.717, 1.165) is 0 Å². The minimum Gasteiger partial charge on any atom is -0.274 e. The van der Waals surface area contributed by atoms with Crippen LogP contribution in [0.4, 0.5) is 14.9 Å². The number of imide groups is 2. The molecule has 1 aliphatic rings. The van der Waals surface area contributed by atoms with Crippen LogP contribution in [0.3, 0.4) is 0 Å². The van der Waals surface area contributed by atoms with Gasteiger partial charge in [-0.3, -0.25) is 14.9 Å². The molecule has 1 atom stereocenters. The first-order valence-corrected chi connectivity index (χ1v) is 5.87. The highest BCUT2D eigenvalue weighted by Crippen LogP contribution is 2.34. The second kappa shape index (κ2) is 4.66. The number of carbonyl (C=O) groups excluding carboxylic acids is 3. The van der Waals surface area contributed by atoms with Crippen LogP contribution >= 0.6 is 27.5 Å². The summed E-state index contributed by atoms with van der Waals surface area (Å²) >= 11 is 8.91. The van der Waals surface area contributed by atoms with E-state index in [-0.39, 0.29) is 15.2 Å². The van der Waals surface area contributed by atoms with Gasteiger partial charge in [0.25, 0.3) is 18.0 Å². The third-order valence-corrected chi connectivity index (χ3v) is 3.65. The topological polar surface area (TPSA) is 66.5 Å². The Kier molecular flexibility index (Phi) is 3.36. The van der Waals surface area contributed by atoms with Gasteiger partial charge in [0.15, 0.2) is 0 Å². The molecule has 1 fully saturated rings. The highest BCUT2D eigenvalue weighted by atomic mass is 79.9. The van der Waals surface area contributed by atoms with Gasteiger partial charge in [0, 0.05) is 0 Å². The summed E-state index contributed by atoms with van der Waals surface area (Å²) in [4.78, 5) is 34.7. The predicted octanol–water partition coefficient (Wildman–Crippen LogP) is 2.02. The SMILES string of the molecule is O=C1NC(=O)N(c2cccc(Cl)c2Br)C(=O)C1F. The molecule has 2 rings (SSSR count). The largest absolute Gasteiger partial charge is 0.335 e. The summed E-state index contributed by atoms with van der Waals surface area (Å²) in [5, 5.41) is 1.99. The van der Waals surface area contributed by atoms with Gasteiger partial charge in [0.05, 0.1) is 15.2 Å². The summed E-state index contributed by atoms with van der Waals surface area (Å²) in [6.07, 6.45) is -2.41. The Hall–Kier alpha value is -1.47. The number of rotatable bonds is 1. The first kappa shape index (κ1) is 13.0. The van der Waals surface area contributed by atoms with Gasteiger partial charge < -0.3 is 0 Å². The van der Waals surface area contributed by atoms with Crippen LogP contribution in [0, 0.1) is 0 Å². The van der Waals surface area contributed by atoms with Crippen molar-refractivity contribution in [2.45, 2.75) is 6.17 Å². The van der Waals surface area contributed by atoms with E-state index < -0.39 is 24.0 Å². The molecule has 1 heterocycles. The summed E-state index contributed by atoms with van der Waals surface area (Å²) in [6, 6.07) is 3.41. The van der Waals surface area contributed by atoms with Crippen LogP contribution < -0.4 is 10.2 Å². The van der Waals surface area contributed by atoms with E-state index in [1.807, 2.05) is 0 Å². The van der Waals surface area contributed by atoms with Crippen LogP contribution in [0.5, 0.6) is 0 Å². The normalized spacial score (nSPS) is 20.1. The lowest BCUT2D eigenvalue weighted by atomic mass is 10.2. The molecule has 1 aliphatic heterocycles. The maximum Gasteiger partial charge on any atom is 0.335 e. The van der Waals surface area contributed by atoms with Gasteiger partial charge in [-0.05, 0) is 28.1 Å². The zero-order valence-corrected chi connectivity index (χ0v) is 11.0. The van der Waals surface area contributed by atoms with Crippen molar-refractivity contribution >= 4 is 51.1 Å². The van der Waals surface area contributed by atoms with Gasteiger partial charge in [0.2, 0.25) is 0 Å². The van der Waals surface area contributed by atoms with Crippen LogP contribution in [0.25, 0.3) is 0 Å². The van der Waals surface area contributed by atoms with E-state index in [1.54, 1.807) is 5.32 Å². The van der Waals surface area contributed by atoms with E-state index in [1.165, 1.54) is 18.2 Å². The Morgan fingerprint density at radius 1 is 1.33 bits per heavy atom. The van der Waals surface area contributed by atoms with E-state index in [9.17, 15) is 18.8 Å². The van der Waals surface area contributed by atoms with Crippen molar-refractivity contribution in [3.8, 4) is 0 Å². The highest BCUT2D eigenvalue weighted by molar-refractivity contribution is 9.10. The molecule has 5 nitrogen and oxygen atoms in total. The van der Waals surface area contributed by atoms with Gasteiger partial charge in [-0.15, -0.1) is 0 Å². The second-order valence-electron chi connectivity index (χ2n) is 3.40. The zero-order chi connectivity index (χ0) is 13.4. The molecule has 0 aliphatic carbocycles. The Labute approximate surface area is 114 Å². The molecule has 4 amide bonds. The molecular weight excluding hydrogens is 330 g/mol. The average Bonchev–Trinajstić information content (AvgIpc) is 2.32. The maximum atomic E-state index is 13.3. The molecule has 1 aromatic rings. The summed E-state index contributed by atoms with van der Waals surface area (Å²) in [5.74, 6) is -2.51. The number of urea groups is 1. The van der Waals surface area contributed by atoms with Crippen LogP contribution in [0.15, 0.2) is 22.7 Å². The molecule has 0 bridgehead atoms. The number of amides is 4. The Bertz CT molecular complexity index is 566. The summed E-state index contributed by atoms with van der Waals surface area (Å²) < 4.78 is 13.6. The van der Waals surface area contributed by atoms with E-state index in [4.69, 9.17) is 11.6 Å². The molecular formula is C10H5BrClFN2O3. The number of nitrogens with zero attached hydrogens (tertiary/aromatic N) is 1. The summed E-state index contributed by atoms with van der Waals surface area (Å²) in [6.45, 7) is 0. The van der Waals surface area contributed by atoms with E-state index in [0.29, 0.717) is 4.90 Å². The van der Waals surface area contributed by atoms with Crippen molar-refractivity contribution in [2.75, 3.05) is 4.90 Å². The zero-order valence-electron chi connectivity index (χ0n) is 8.62. The number of alkyl halides is 1. The fraction of sp³-hybridized carbons (Fsp3) is 0.100. The number of anilines is 1. The van der Waals surface area contributed by atoms with Crippen molar-refractivity contribution in [1.29, 1.82) is 0 Å². The van der Waals surface area contributed by atoms with Crippen LogP contribution in [0.2, 0.25) is 5.02 Å².